The molecule has 0 aliphatic heterocycles. The SMILES string of the molecule is CNCC(=O)C(C)=C(C)CC(C)C. The second kappa shape index (κ2) is 5.92. The van der Waals surface area contributed by atoms with Gasteiger partial charge in [-0.1, -0.05) is 19.4 Å². The lowest BCUT2D eigenvalue weighted by molar-refractivity contribution is -0.114. The molecule has 0 aromatic carbocycles. The van der Waals surface area contributed by atoms with Crippen molar-refractivity contribution in [3.05, 3.63) is 11.1 Å². The van der Waals surface area contributed by atoms with E-state index in [-0.39, 0.29) is 5.78 Å². The van der Waals surface area contributed by atoms with Crippen LogP contribution >= 0.6 is 0 Å². The summed E-state index contributed by atoms with van der Waals surface area (Å²) >= 11 is 0. The van der Waals surface area contributed by atoms with Gasteiger partial charge in [-0.3, -0.25) is 4.79 Å². The van der Waals surface area contributed by atoms with Crippen molar-refractivity contribution in [2.45, 2.75) is 34.1 Å². The maximum Gasteiger partial charge on any atom is 0.172 e. The first-order chi connectivity index (χ1) is 5.99. The highest BCUT2D eigenvalue weighted by atomic mass is 16.1. The van der Waals surface area contributed by atoms with Crippen LogP contribution in [0.3, 0.4) is 0 Å². The maximum absolute atomic E-state index is 11.4. The molecule has 2 heteroatoms. The molecule has 0 fully saturated rings. The Hall–Kier alpha value is -0.630. The number of Topliss-reactive ketones (excluding diaryl/α,β-unsaturated/α-hetero) is 1. The molecule has 0 atom stereocenters. The lowest BCUT2D eigenvalue weighted by Crippen LogP contribution is -2.20. The molecule has 0 radical (unpaired) electrons. The molecule has 0 bridgehead atoms. The Morgan fingerprint density at radius 2 is 1.85 bits per heavy atom. The van der Waals surface area contributed by atoms with Crippen molar-refractivity contribution in [1.29, 1.82) is 0 Å². The predicted octanol–water partition coefficient (Wildman–Crippen LogP) is 2.16. The van der Waals surface area contributed by atoms with E-state index in [4.69, 9.17) is 0 Å². The molecule has 0 spiro atoms. The first-order valence-corrected chi connectivity index (χ1v) is 4.83. The highest BCUT2D eigenvalue weighted by molar-refractivity contribution is 5.96. The number of hydrogen-bond acceptors (Lipinski definition) is 2. The van der Waals surface area contributed by atoms with Crippen molar-refractivity contribution in [2.24, 2.45) is 5.92 Å². The largest absolute Gasteiger partial charge is 0.313 e. The Bertz CT molecular complexity index is 204. The first-order valence-electron chi connectivity index (χ1n) is 4.83. The van der Waals surface area contributed by atoms with Gasteiger partial charge in [0.2, 0.25) is 0 Å². The van der Waals surface area contributed by atoms with Gasteiger partial charge in [0.15, 0.2) is 5.78 Å². The molecule has 0 heterocycles. The molecule has 2 nitrogen and oxygen atoms in total. The molecule has 76 valence electrons. The lowest BCUT2D eigenvalue weighted by Gasteiger charge is -2.09. The van der Waals surface area contributed by atoms with Gasteiger partial charge in [-0.15, -0.1) is 0 Å². The summed E-state index contributed by atoms with van der Waals surface area (Å²) in [6.07, 6.45) is 1.02. The third kappa shape index (κ3) is 4.83. The Morgan fingerprint density at radius 1 is 1.31 bits per heavy atom. The van der Waals surface area contributed by atoms with E-state index in [0.717, 1.165) is 12.0 Å². The molecule has 0 aromatic rings. The van der Waals surface area contributed by atoms with Gasteiger partial charge in [-0.05, 0) is 38.8 Å². The van der Waals surface area contributed by atoms with Crippen LogP contribution in [0.2, 0.25) is 0 Å². The van der Waals surface area contributed by atoms with Crippen LogP contribution in [0, 0.1) is 5.92 Å². The van der Waals surface area contributed by atoms with Crippen LogP contribution in [0.25, 0.3) is 0 Å². The van der Waals surface area contributed by atoms with Crippen LogP contribution in [0.15, 0.2) is 11.1 Å². The van der Waals surface area contributed by atoms with Crippen LogP contribution in [-0.4, -0.2) is 19.4 Å². The molecule has 0 aromatic heterocycles. The van der Waals surface area contributed by atoms with Crippen molar-refractivity contribution in [1.82, 2.24) is 5.32 Å². The molecule has 0 saturated heterocycles. The second-order valence-corrected chi connectivity index (χ2v) is 3.96. The van der Waals surface area contributed by atoms with Crippen LogP contribution in [0.1, 0.15) is 34.1 Å². The van der Waals surface area contributed by atoms with Crippen molar-refractivity contribution in [3.63, 3.8) is 0 Å². The Labute approximate surface area is 81.4 Å². The molecule has 0 aliphatic rings. The number of ketones is 1. The topological polar surface area (TPSA) is 29.1 Å². The van der Waals surface area contributed by atoms with Crippen LogP contribution in [-0.2, 0) is 4.79 Å². The predicted molar refractivity (Wildman–Crippen MR) is 56.8 cm³/mol. The number of allylic oxidation sites excluding steroid dienone is 1. The Balaban J connectivity index is 4.33. The summed E-state index contributed by atoms with van der Waals surface area (Å²) in [5.41, 5.74) is 2.14. The van der Waals surface area contributed by atoms with Gasteiger partial charge in [0, 0.05) is 0 Å². The normalized spacial score (nSPS) is 13.1. The zero-order valence-electron chi connectivity index (χ0n) is 9.40. The number of rotatable bonds is 5. The van der Waals surface area contributed by atoms with E-state index in [1.165, 1.54) is 5.57 Å². The summed E-state index contributed by atoms with van der Waals surface area (Å²) in [5.74, 6) is 0.831. The summed E-state index contributed by atoms with van der Waals surface area (Å²) in [7, 11) is 1.79. The van der Waals surface area contributed by atoms with E-state index in [1.54, 1.807) is 7.05 Å². The van der Waals surface area contributed by atoms with Gasteiger partial charge in [-0.25, -0.2) is 0 Å². The van der Waals surface area contributed by atoms with Gasteiger partial charge in [0.25, 0.3) is 0 Å². The summed E-state index contributed by atoms with van der Waals surface area (Å²) in [5, 5.41) is 2.87. The molecule has 0 saturated carbocycles. The van der Waals surface area contributed by atoms with E-state index in [9.17, 15) is 4.79 Å². The van der Waals surface area contributed by atoms with Crippen LogP contribution in [0.4, 0.5) is 0 Å². The van der Waals surface area contributed by atoms with E-state index < -0.39 is 0 Å². The molecular formula is C11H21NO. The zero-order valence-corrected chi connectivity index (χ0v) is 9.40. The number of carbonyl (C=O) groups is 1. The number of carbonyl (C=O) groups excluding carboxylic acids is 1. The summed E-state index contributed by atoms with van der Waals surface area (Å²) in [6, 6.07) is 0. The molecule has 0 unspecified atom stereocenters. The number of nitrogens with one attached hydrogen (secondary N) is 1. The molecule has 13 heavy (non-hydrogen) atoms. The van der Waals surface area contributed by atoms with E-state index in [1.807, 2.05) is 13.8 Å². The fourth-order valence-electron chi connectivity index (χ4n) is 1.30. The van der Waals surface area contributed by atoms with Crippen LogP contribution < -0.4 is 5.32 Å². The minimum Gasteiger partial charge on any atom is -0.313 e. The van der Waals surface area contributed by atoms with Gasteiger partial charge < -0.3 is 5.32 Å². The minimum absolute atomic E-state index is 0.209. The van der Waals surface area contributed by atoms with Crippen molar-refractivity contribution < 1.29 is 4.79 Å². The van der Waals surface area contributed by atoms with Gasteiger partial charge in [-0.2, -0.15) is 0 Å². The summed E-state index contributed by atoms with van der Waals surface area (Å²) in [4.78, 5) is 11.4. The second-order valence-electron chi connectivity index (χ2n) is 3.96. The van der Waals surface area contributed by atoms with Gasteiger partial charge in [0.05, 0.1) is 6.54 Å². The third-order valence-corrected chi connectivity index (χ3v) is 2.11. The minimum atomic E-state index is 0.209. The maximum atomic E-state index is 11.4. The van der Waals surface area contributed by atoms with Crippen molar-refractivity contribution in [2.75, 3.05) is 13.6 Å². The molecule has 0 amide bonds. The lowest BCUT2D eigenvalue weighted by atomic mass is 9.98. The smallest absolute Gasteiger partial charge is 0.172 e. The summed E-state index contributed by atoms with van der Waals surface area (Å²) in [6.45, 7) is 8.74. The van der Waals surface area contributed by atoms with Crippen molar-refractivity contribution >= 4 is 5.78 Å². The first kappa shape index (κ1) is 12.4. The molecular weight excluding hydrogens is 162 g/mol. The summed E-state index contributed by atoms with van der Waals surface area (Å²) < 4.78 is 0. The average Bonchev–Trinajstić information content (AvgIpc) is 2.02. The number of hydrogen-bond donors (Lipinski definition) is 1. The Kier molecular flexibility index (Phi) is 5.63. The van der Waals surface area contributed by atoms with Gasteiger partial charge >= 0.3 is 0 Å². The Morgan fingerprint density at radius 3 is 2.23 bits per heavy atom. The quantitative estimate of drug-likeness (QED) is 0.662. The highest BCUT2D eigenvalue weighted by Gasteiger charge is 2.07. The fourth-order valence-corrected chi connectivity index (χ4v) is 1.30. The fraction of sp³-hybridized carbons (Fsp3) is 0.727. The zero-order chi connectivity index (χ0) is 10.4. The molecule has 0 aliphatic carbocycles. The van der Waals surface area contributed by atoms with Crippen molar-refractivity contribution in [3.8, 4) is 0 Å². The monoisotopic (exact) mass is 183 g/mol. The molecule has 0 rings (SSSR count). The standard InChI is InChI=1S/C11H21NO/c1-8(2)6-9(3)10(4)11(13)7-12-5/h8,12H,6-7H2,1-5H3. The van der Waals surface area contributed by atoms with E-state index in [2.05, 4.69) is 19.2 Å². The van der Waals surface area contributed by atoms with E-state index >= 15 is 0 Å². The third-order valence-electron chi connectivity index (χ3n) is 2.11. The van der Waals surface area contributed by atoms with Gasteiger partial charge in [0.1, 0.15) is 0 Å². The highest BCUT2D eigenvalue weighted by Crippen LogP contribution is 2.14. The number of likely N-dealkylation sites (N-methyl/N-ethyl adjacent to an activating group) is 1. The van der Waals surface area contributed by atoms with Crippen LogP contribution in [0.5, 0.6) is 0 Å². The van der Waals surface area contributed by atoms with E-state index in [0.29, 0.717) is 12.5 Å². The average molecular weight is 183 g/mol. The molecule has 1 N–H and O–H groups in total.